The van der Waals surface area contributed by atoms with Crippen LogP contribution < -0.4 is 4.74 Å². The smallest absolute Gasteiger partial charge is 0.363 e. The zero-order valence-corrected chi connectivity index (χ0v) is 21.5. The number of nitro benzene ring substituents is 1. The minimum Gasteiger partial charge on any atom is -0.487 e. The molecule has 3 aromatic rings. The van der Waals surface area contributed by atoms with Crippen LogP contribution in [0.1, 0.15) is 22.3 Å². The summed E-state index contributed by atoms with van der Waals surface area (Å²) in [7, 11) is 0. The number of ether oxygens (including phenoxy) is 2. The summed E-state index contributed by atoms with van der Waals surface area (Å²) in [6.07, 6.45) is 1.56. The number of hydrogen-bond acceptors (Lipinski definition) is 6. The summed E-state index contributed by atoms with van der Waals surface area (Å²) in [4.78, 5) is 26.9. The Kier molecular flexibility index (Phi) is 7.16. The molecule has 7 nitrogen and oxygen atoms in total. The summed E-state index contributed by atoms with van der Waals surface area (Å²) in [6.45, 7) is 2.42. The number of esters is 1. The fourth-order valence-corrected chi connectivity index (χ4v) is 4.82. The SMILES string of the molecule is Cc1ccc(COc2c(Br)cc(/C=C3\N=C(c4ccc([N+](=O)[O-])cc4Cl)OC3=O)cc2Br)cc1. The van der Waals surface area contributed by atoms with Crippen molar-refractivity contribution in [1.29, 1.82) is 0 Å². The van der Waals surface area contributed by atoms with Crippen LogP contribution >= 0.6 is 43.5 Å². The first-order valence-electron chi connectivity index (χ1n) is 9.85. The Labute approximate surface area is 216 Å². The lowest BCUT2D eigenvalue weighted by atomic mass is 10.1. The second kappa shape index (κ2) is 10.1. The van der Waals surface area contributed by atoms with E-state index in [1.54, 1.807) is 18.2 Å². The number of rotatable bonds is 6. The van der Waals surface area contributed by atoms with Crippen LogP contribution in [0.2, 0.25) is 5.02 Å². The van der Waals surface area contributed by atoms with E-state index in [2.05, 4.69) is 36.9 Å². The fourth-order valence-electron chi connectivity index (χ4n) is 3.11. The molecule has 0 unspecified atom stereocenters. The zero-order valence-electron chi connectivity index (χ0n) is 17.6. The van der Waals surface area contributed by atoms with E-state index in [9.17, 15) is 14.9 Å². The lowest BCUT2D eigenvalue weighted by Gasteiger charge is -2.11. The lowest BCUT2D eigenvalue weighted by molar-refractivity contribution is -0.384. The van der Waals surface area contributed by atoms with Crippen molar-refractivity contribution in [2.75, 3.05) is 0 Å². The van der Waals surface area contributed by atoms with Gasteiger partial charge in [0, 0.05) is 12.1 Å². The molecule has 0 radical (unpaired) electrons. The first-order chi connectivity index (χ1) is 16.2. The molecule has 10 heteroatoms. The third kappa shape index (κ3) is 5.38. The predicted molar refractivity (Wildman–Crippen MR) is 136 cm³/mol. The van der Waals surface area contributed by atoms with Gasteiger partial charge in [-0.15, -0.1) is 0 Å². The molecule has 0 aromatic heterocycles. The van der Waals surface area contributed by atoms with E-state index in [-0.39, 0.29) is 27.9 Å². The van der Waals surface area contributed by atoms with Crippen molar-refractivity contribution >= 4 is 67.1 Å². The zero-order chi connectivity index (χ0) is 24.4. The van der Waals surface area contributed by atoms with E-state index >= 15 is 0 Å². The number of halogens is 3. The van der Waals surface area contributed by atoms with E-state index in [0.29, 0.717) is 26.9 Å². The molecule has 1 aliphatic rings. The number of aryl methyl sites for hydroxylation is 1. The van der Waals surface area contributed by atoms with Crippen LogP contribution in [0.5, 0.6) is 5.75 Å². The van der Waals surface area contributed by atoms with Crippen LogP contribution in [0.3, 0.4) is 0 Å². The quantitative estimate of drug-likeness (QED) is 0.130. The van der Waals surface area contributed by atoms with Crippen molar-refractivity contribution < 1.29 is 19.2 Å². The summed E-state index contributed by atoms with van der Waals surface area (Å²) in [6, 6.07) is 15.5. The molecular weight excluding hydrogens is 592 g/mol. The maximum absolute atomic E-state index is 12.4. The molecule has 3 aromatic carbocycles. The molecule has 172 valence electrons. The van der Waals surface area contributed by atoms with Gasteiger partial charge in [-0.25, -0.2) is 9.79 Å². The molecule has 0 spiro atoms. The van der Waals surface area contributed by atoms with Gasteiger partial charge in [-0.3, -0.25) is 10.1 Å². The number of benzene rings is 3. The molecule has 0 atom stereocenters. The number of aliphatic imine (C=N–C) groups is 1. The Morgan fingerprint density at radius 2 is 1.79 bits per heavy atom. The van der Waals surface area contributed by atoms with Gasteiger partial charge in [0.1, 0.15) is 12.4 Å². The van der Waals surface area contributed by atoms with Crippen LogP contribution in [0, 0.1) is 17.0 Å². The van der Waals surface area contributed by atoms with Crippen molar-refractivity contribution in [3.63, 3.8) is 0 Å². The van der Waals surface area contributed by atoms with E-state index in [1.165, 1.54) is 23.8 Å². The number of nitrogens with zero attached hydrogens (tertiary/aromatic N) is 2. The normalized spacial score (nSPS) is 14.2. The number of nitro groups is 1. The van der Waals surface area contributed by atoms with Crippen molar-refractivity contribution in [1.82, 2.24) is 0 Å². The summed E-state index contributed by atoms with van der Waals surface area (Å²) in [5, 5.41) is 11.0. The highest BCUT2D eigenvalue weighted by atomic mass is 79.9. The molecule has 0 bridgehead atoms. The predicted octanol–water partition coefficient (Wildman–Crippen LogP) is 7.01. The molecule has 0 saturated carbocycles. The molecule has 0 N–H and O–H groups in total. The van der Waals surface area contributed by atoms with Gasteiger partial charge in [-0.2, -0.15) is 0 Å². The van der Waals surface area contributed by atoms with Crippen molar-refractivity contribution in [2.24, 2.45) is 4.99 Å². The fraction of sp³-hybridized carbons (Fsp3) is 0.0833. The monoisotopic (exact) mass is 604 g/mol. The van der Waals surface area contributed by atoms with E-state index < -0.39 is 10.9 Å². The standard InChI is InChI=1S/C24H15Br2ClN2O5/c1-13-2-4-14(5-3-13)12-33-22-18(25)8-15(9-19(22)26)10-21-24(30)34-23(28-21)17-7-6-16(29(31)32)11-20(17)27/h2-11H,12H2,1H3/b21-10-. The van der Waals surface area contributed by atoms with Gasteiger partial charge in [-0.1, -0.05) is 41.4 Å². The largest absolute Gasteiger partial charge is 0.487 e. The number of non-ortho nitro benzene ring substituents is 1. The number of cyclic esters (lactones) is 1. The Morgan fingerprint density at radius 3 is 2.41 bits per heavy atom. The summed E-state index contributed by atoms with van der Waals surface area (Å²) in [5.41, 5.74) is 3.07. The van der Waals surface area contributed by atoms with Crippen LogP contribution in [-0.4, -0.2) is 16.8 Å². The molecule has 0 saturated heterocycles. The van der Waals surface area contributed by atoms with Crippen LogP contribution in [0.4, 0.5) is 5.69 Å². The van der Waals surface area contributed by atoms with Gasteiger partial charge in [0.05, 0.1) is 24.5 Å². The lowest BCUT2D eigenvalue weighted by Crippen LogP contribution is -2.06. The minimum absolute atomic E-state index is 0.0210. The second-order valence-corrected chi connectivity index (χ2v) is 9.46. The summed E-state index contributed by atoms with van der Waals surface area (Å²) >= 11 is 13.2. The molecule has 0 fully saturated rings. The second-order valence-electron chi connectivity index (χ2n) is 7.35. The van der Waals surface area contributed by atoms with Gasteiger partial charge >= 0.3 is 5.97 Å². The van der Waals surface area contributed by atoms with Gasteiger partial charge in [-0.05, 0) is 74.2 Å². The third-order valence-electron chi connectivity index (χ3n) is 4.84. The minimum atomic E-state index is -0.656. The average Bonchev–Trinajstić information content (AvgIpc) is 3.14. The highest BCUT2D eigenvalue weighted by Gasteiger charge is 2.26. The van der Waals surface area contributed by atoms with Crippen LogP contribution in [0.15, 0.2) is 74.2 Å². The first kappa shape index (κ1) is 24.1. The maximum Gasteiger partial charge on any atom is 0.363 e. The Bertz CT molecular complexity index is 1350. The molecule has 0 amide bonds. The number of carbonyl (C=O) groups is 1. The third-order valence-corrected chi connectivity index (χ3v) is 6.33. The summed E-state index contributed by atoms with van der Waals surface area (Å²) in [5.74, 6) is -0.0535. The topological polar surface area (TPSA) is 91.0 Å². The molecule has 4 rings (SSSR count). The van der Waals surface area contributed by atoms with Crippen molar-refractivity contribution in [3.05, 3.63) is 107 Å². The first-order valence-corrected chi connectivity index (χ1v) is 11.8. The molecular formula is C24H15Br2ClN2O5. The summed E-state index contributed by atoms with van der Waals surface area (Å²) < 4.78 is 12.6. The Balaban J connectivity index is 1.56. The van der Waals surface area contributed by atoms with Gasteiger partial charge in [0.25, 0.3) is 5.69 Å². The van der Waals surface area contributed by atoms with Crippen molar-refractivity contribution in [3.8, 4) is 5.75 Å². The van der Waals surface area contributed by atoms with Gasteiger partial charge in [0.15, 0.2) is 5.70 Å². The Hall–Kier alpha value is -3.01. The molecule has 1 heterocycles. The van der Waals surface area contributed by atoms with Crippen LogP contribution in [-0.2, 0) is 16.1 Å². The van der Waals surface area contributed by atoms with Crippen molar-refractivity contribution in [2.45, 2.75) is 13.5 Å². The van der Waals surface area contributed by atoms with Gasteiger partial charge in [0.2, 0.25) is 5.90 Å². The highest BCUT2D eigenvalue weighted by molar-refractivity contribution is 9.11. The number of carbonyl (C=O) groups excluding carboxylic acids is 1. The number of hydrogen-bond donors (Lipinski definition) is 0. The average molecular weight is 607 g/mol. The molecule has 34 heavy (non-hydrogen) atoms. The van der Waals surface area contributed by atoms with Gasteiger partial charge < -0.3 is 9.47 Å². The van der Waals surface area contributed by atoms with E-state index in [4.69, 9.17) is 21.1 Å². The van der Waals surface area contributed by atoms with E-state index in [1.807, 2.05) is 31.2 Å². The highest BCUT2D eigenvalue weighted by Crippen LogP contribution is 2.36. The van der Waals surface area contributed by atoms with Crippen LogP contribution in [0.25, 0.3) is 6.08 Å². The van der Waals surface area contributed by atoms with E-state index in [0.717, 1.165) is 5.56 Å². The molecule has 0 aliphatic carbocycles. The Morgan fingerprint density at radius 1 is 1.12 bits per heavy atom. The molecule has 1 aliphatic heterocycles. The maximum atomic E-state index is 12.4.